The van der Waals surface area contributed by atoms with Crippen LogP contribution in [0.5, 0.6) is 5.75 Å². The first kappa shape index (κ1) is 18.1. The lowest BCUT2D eigenvalue weighted by Gasteiger charge is -2.35. The number of hydrogen-bond acceptors (Lipinski definition) is 5. The molecule has 1 aromatic carbocycles. The molecule has 0 atom stereocenters. The standard InChI is InChI=1S/C17H20F2N4O3/c1-22(2)16-20-15(25)17(21-16)6-8-23(9-7-17)14(24)12-11(26-3)5-4-10(18)13(12)19/h4-5H,6-9H2,1-3H3,(H,20,21,25). The van der Waals surface area contributed by atoms with Gasteiger partial charge < -0.3 is 14.5 Å². The third kappa shape index (κ3) is 2.87. The average molecular weight is 366 g/mol. The van der Waals surface area contributed by atoms with E-state index in [1.54, 1.807) is 19.0 Å². The average Bonchev–Trinajstić information content (AvgIpc) is 2.94. The number of ether oxygens (including phenoxy) is 1. The van der Waals surface area contributed by atoms with Crippen LogP contribution >= 0.6 is 0 Å². The molecule has 0 aromatic heterocycles. The molecular formula is C17H20F2N4O3. The molecule has 26 heavy (non-hydrogen) atoms. The maximum absolute atomic E-state index is 14.2. The fourth-order valence-corrected chi connectivity index (χ4v) is 3.19. The predicted octanol–water partition coefficient (Wildman–Crippen LogP) is 0.996. The topological polar surface area (TPSA) is 74.2 Å². The van der Waals surface area contributed by atoms with Gasteiger partial charge in [-0.05, 0) is 25.0 Å². The number of carbonyl (C=O) groups excluding carboxylic acids is 2. The number of benzene rings is 1. The number of rotatable bonds is 2. The van der Waals surface area contributed by atoms with Gasteiger partial charge >= 0.3 is 0 Å². The van der Waals surface area contributed by atoms with Crippen LogP contribution in [0.1, 0.15) is 23.2 Å². The number of guanidine groups is 1. The highest BCUT2D eigenvalue weighted by molar-refractivity contribution is 6.07. The molecule has 0 saturated carbocycles. The monoisotopic (exact) mass is 366 g/mol. The number of hydrogen-bond donors (Lipinski definition) is 1. The van der Waals surface area contributed by atoms with Crippen molar-refractivity contribution in [2.45, 2.75) is 18.4 Å². The van der Waals surface area contributed by atoms with Crippen LogP contribution in [-0.4, -0.2) is 67.4 Å². The summed E-state index contributed by atoms with van der Waals surface area (Å²) in [7, 11) is 4.83. The largest absolute Gasteiger partial charge is 0.496 e. The van der Waals surface area contributed by atoms with Gasteiger partial charge in [-0.3, -0.25) is 14.9 Å². The molecule has 1 aromatic rings. The Kier molecular flexibility index (Phi) is 4.55. The summed E-state index contributed by atoms with van der Waals surface area (Å²) in [6, 6.07) is 2.13. The number of nitrogens with one attached hydrogen (secondary N) is 1. The van der Waals surface area contributed by atoms with E-state index in [0.29, 0.717) is 18.8 Å². The van der Waals surface area contributed by atoms with Crippen molar-refractivity contribution in [2.24, 2.45) is 4.99 Å². The quantitative estimate of drug-likeness (QED) is 0.847. The summed E-state index contributed by atoms with van der Waals surface area (Å²) >= 11 is 0. The Hall–Kier alpha value is -2.71. The summed E-state index contributed by atoms with van der Waals surface area (Å²) < 4.78 is 32.7. The zero-order chi connectivity index (χ0) is 19.1. The van der Waals surface area contributed by atoms with Gasteiger partial charge in [0.15, 0.2) is 11.6 Å². The van der Waals surface area contributed by atoms with E-state index >= 15 is 0 Å². The third-order valence-electron chi connectivity index (χ3n) is 4.76. The van der Waals surface area contributed by atoms with Crippen molar-refractivity contribution < 1.29 is 23.1 Å². The molecule has 9 heteroatoms. The lowest BCUT2D eigenvalue weighted by molar-refractivity contribution is -0.125. The van der Waals surface area contributed by atoms with Crippen LogP contribution in [0.3, 0.4) is 0 Å². The van der Waals surface area contributed by atoms with E-state index in [-0.39, 0.29) is 24.7 Å². The lowest BCUT2D eigenvalue weighted by Crippen LogP contribution is -2.50. The molecule has 1 saturated heterocycles. The molecule has 1 fully saturated rings. The fourth-order valence-electron chi connectivity index (χ4n) is 3.19. The van der Waals surface area contributed by atoms with E-state index in [4.69, 9.17) is 4.74 Å². The van der Waals surface area contributed by atoms with Gasteiger partial charge in [-0.25, -0.2) is 13.8 Å². The van der Waals surface area contributed by atoms with Gasteiger partial charge in [0.05, 0.1) is 7.11 Å². The normalized spacial score (nSPS) is 18.6. The van der Waals surface area contributed by atoms with Gasteiger partial charge in [0, 0.05) is 27.2 Å². The number of amides is 2. The molecular weight excluding hydrogens is 346 g/mol. The molecule has 2 aliphatic heterocycles. The number of piperidine rings is 1. The van der Waals surface area contributed by atoms with Crippen LogP contribution in [0.15, 0.2) is 17.1 Å². The Morgan fingerprint density at radius 2 is 1.96 bits per heavy atom. The molecule has 1 N–H and O–H groups in total. The van der Waals surface area contributed by atoms with Crippen LogP contribution in [-0.2, 0) is 4.79 Å². The van der Waals surface area contributed by atoms with Crippen LogP contribution in [0.2, 0.25) is 0 Å². The number of likely N-dealkylation sites (tertiary alicyclic amines) is 1. The van der Waals surface area contributed by atoms with Gasteiger partial charge in [0.25, 0.3) is 11.8 Å². The van der Waals surface area contributed by atoms with Crippen molar-refractivity contribution in [1.82, 2.24) is 15.1 Å². The highest BCUT2D eigenvalue weighted by Gasteiger charge is 2.47. The third-order valence-corrected chi connectivity index (χ3v) is 4.76. The van der Waals surface area contributed by atoms with E-state index < -0.39 is 28.6 Å². The van der Waals surface area contributed by atoms with Crippen LogP contribution in [0.4, 0.5) is 8.78 Å². The second kappa shape index (κ2) is 6.54. The molecule has 2 aliphatic rings. The maximum Gasteiger partial charge on any atom is 0.260 e. The minimum atomic E-state index is -1.24. The molecule has 2 amide bonds. The van der Waals surface area contributed by atoms with Gasteiger partial charge in [-0.15, -0.1) is 0 Å². The fraction of sp³-hybridized carbons (Fsp3) is 0.471. The second-order valence-corrected chi connectivity index (χ2v) is 6.55. The van der Waals surface area contributed by atoms with Crippen LogP contribution in [0, 0.1) is 11.6 Å². The first-order valence-corrected chi connectivity index (χ1v) is 8.19. The van der Waals surface area contributed by atoms with E-state index in [1.165, 1.54) is 18.1 Å². The summed E-state index contributed by atoms with van der Waals surface area (Å²) in [5, 5.41) is 2.73. The predicted molar refractivity (Wildman–Crippen MR) is 90.0 cm³/mol. The van der Waals surface area contributed by atoms with Gasteiger partial charge in [-0.1, -0.05) is 0 Å². The van der Waals surface area contributed by atoms with Crippen molar-refractivity contribution >= 4 is 17.8 Å². The summed E-state index contributed by atoms with van der Waals surface area (Å²) in [4.78, 5) is 32.6. The summed E-state index contributed by atoms with van der Waals surface area (Å²) in [5.74, 6) is -2.76. The molecule has 2 heterocycles. The lowest BCUT2D eigenvalue weighted by atomic mass is 9.87. The first-order chi connectivity index (χ1) is 12.3. The first-order valence-electron chi connectivity index (χ1n) is 8.19. The van der Waals surface area contributed by atoms with Crippen molar-refractivity contribution in [3.05, 3.63) is 29.3 Å². The molecule has 0 aliphatic carbocycles. The summed E-state index contributed by atoms with van der Waals surface area (Å²) in [6.45, 7) is 0.408. The molecule has 0 unspecified atom stereocenters. The van der Waals surface area contributed by atoms with Crippen molar-refractivity contribution in [1.29, 1.82) is 0 Å². The van der Waals surface area contributed by atoms with E-state index in [9.17, 15) is 18.4 Å². The second-order valence-electron chi connectivity index (χ2n) is 6.55. The van der Waals surface area contributed by atoms with Gasteiger partial charge in [-0.2, -0.15) is 0 Å². The molecule has 140 valence electrons. The molecule has 7 nitrogen and oxygen atoms in total. The zero-order valence-corrected chi connectivity index (χ0v) is 14.8. The Morgan fingerprint density at radius 3 is 2.50 bits per heavy atom. The number of carbonyl (C=O) groups is 2. The van der Waals surface area contributed by atoms with E-state index in [0.717, 1.165) is 6.07 Å². The smallest absolute Gasteiger partial charge is 0.260 e. The Labute approximate surface area is 149 Å². The molecule has 1 spiro atoms. The maximum atomic E-state index is 14.2. The zero-order valence-electron chi connectivity index (χ0n) is 14.8. The number of methoxy groups -OCH3 is 1. The van der Waals surface area contributed by atoms with Gasteiger partial charge in [0.1, 0.15) is 16.9 Å². The highest BCUT2D eigenvalue weighted by atomic mass is 19.2. The minimum Gasteiger partial charge on any atom is -0.496 e. The van der Waals surface area contributed by atoms with Crippen molar-refractivity contribution in [2.75, 3.05) is 34.3 Å². The van der Waals surface area contributed by atoms with Crippen LogP contribution < -0.4 is 10.1 Å². The molecule has 0 radical (unpaired) electrons. The highest BCUT2D eigenvalue weighted by Crippen LogP contribution is 2.32. The van der Waals surface area contributed by atoms with Crippen molar-refractivity contribution in [3.63, 3.8) is 0 Å². The van der Waals surface area contributed by atoms with Crippen LogP contribution in [0.25, 0.3) is 0 Å². The van der Waals surface area contributed by atoms with E-state index in [1.807, 2.05) is 0 Å². The Balaban J connectivity index is 1.80. The number of aliphatic imine (C=N–C) groups is 1. The van der Waals surface area contributed by atoms with E-state index in [2.05, 4.69) is 10.3 Å². The molecule has 0 bridgehead atoms. The summed E-state index contributed by atoms with van der Waals surface area (Å²) in [6.07, 6.45) is 0.613. The molecule has 3 rings (SSSR count). The van der Waals surface area contributed by atoms with Gasteiger partial charge in [0.2, 0.25) is 5.96 Å². The minimum absolute atomic E-state index is 0.0271. The van der Waals surface area contributed by atoms with Crippen molar-refractivity contribution in [3.8, 4) is 5.75 Å². The summed E-state index contributed by atoms with van der Waals surface area (Å²) in [5.41, 5.74) is -1.35. The SMILES string of the molecule is COc1ccc(F)c(F)c1C(=O)N1CCC2(CC1)N=C(N(C)C)NC2=O. The number of nitrogens with zero attached hydrogens (tertiary/aromatic N) is 3. The number of halogens is 2. The Morgan fingerprint density at radius 1 is 1.31 bits per heavy atom. The Bertz CT molecular complexity index is 786.